The second-order valence-corrected chi connectivity index (χ2v) is 6.03. The van der Waals surface area contributed by atoms with Crippen molar-refractivity contribution >= 4 is 16.8 Å². The molecular weight excluding hydrogens is 192 g/mol. The lowest BCUT2D eigenvalue weighted by atomic mass is 9.90. The van der Waals surface area contributed by atoms with Gasteiger partial charge in [-0.2, -0.15) is 0 Å². The summed E-state index contributed by atoms with van der Waals surface area (Å²) in [7, 11) is 0. The molecule has 1 aliphatic heterocycles. The van der Waals surface area contributed by atoms with Gasteiger partial charge in [0.1, 0.15) is 0 Å². The van der Waals surface area contributed by atoms with Crippen molar-refractivity contribution in [3.63, 3.8) is 0 Å². The predicted molar refractivity (Wildman–Crippen MR) is 64.2 cm³/mol. The van der Waals surface area contributed by atoms with E-state index in [0.29, 0.717) is 23.4 Å². The van der Waals surface area contributed by atoms with E-state index in [1.165, 1.54) is 24.3 Å². The summed E-state index contributed by atoms with van der Waals surface area (Å²) in [6.07, 6.45) is 3.96. The summed E-state index contributed by atoms with van der Waals surface area (Å²) in [5, 5.41) is 5.68. The molecule has 3 heteroatoms. The van der Waals surface area contributed by atoms with Crippen LogP contribution < -0.4 is 5.32 Å². The first kappa shape index (κ1) is 10.5. The normalized spacial score (nSPS) is 37.1. The summed E-state index contributed by atoms with van der Waals surface area (Å²) in [6, 6.07) is 1.88. The van der Waals surface area contributed by atoms with Crippen LogP contribution in [0.4, 0.5) is 0 Å². The molecule has 2 rings (SSSR count). The summed E-state index contributed by atoms with van der Waals surface area (Å²) in [5.41, 5.74) is 0. The van der Waals surface area contributed by atoms with Crippen LogP contribution in [0.15, 0.2) is 4.99 Å². The van der Waals surface area contributed by atoms with Crippen LogP contribution in [0.2, 0.25) is 0 Å². The Bertz CT molecular complexity index is 237. The van der Waals surface area contributed by atoms with Gasteiger partial charge in [0.05, 0.1) is 11.1 Å². The van der Waals surface area contributed by atoms with Crippen LogP contribution in [0, 0.1) is 0 Å². The van der Waals surface area contributed by atoms with Gasteiger partial charge in [0, 0.05) is 17.3 Å². The first-order valence-electron chi connectivity index (χ1n) is 5.64. The van der Waals surface area contributed by atoms with Gasteiger partial charge in [-0.05, 0) is 26.2 Å². The standard InChI is InChI=1S/C11H20N2S/c1-7(2)12-9-5-4-6-10-11(9)14-8(3)13-10/h7,9-12H,4-6H2,1-3H3. The Kier molecular flexibility index (Phi) is 3.17. The van der Waals surface area contributed by atoms with Crippen LogP contribution >= 0.6 is 11.8 Å². The van der Waals surface area contributed by atoms with Crippen LogP contribution in [0.3, 0.4) is 0 Å². The highest BCUT2D eigenvalue weighted by molar-refractivity contribution is 8.14. The average molecular weight is 212 g/mol. The number of hydrogen-bond acceptors (Lipinski definition) is 3. The Morgan fingerprint density at radius 1 is 1.43 bits per heavy atom. The van der Waals surface area contributed by atoms with Crippen molar-refractivity contribution in [1.82, 2.24) is 5.32 Å². The van der Waals surface area contributed by atoms with Crippen LogP contribution in [-0.2, 0) is 0 Å². The molecule has 2 aliphatic rings. The predicted octanol–water partition coefficient (Wildman–Crippen LogP) is 2.44. The molecule has 0 amide bonds. The maximum atomic E-state index is 4.71. The van der Waals surface area contributed by atoms with E-state index in [9.17, 15) is 0 Å². The molecule has 14 heavy (non-hydrogen) atoms. The van der Waals surface area contributed by atoms with Gasteiger partial charge in [0.15, 0.2) is 0 Å². The van der Waals surface area contributed by atoms with Gasteiger partial charge in [0.25, 0.3) is 0 Å². The summed E-state index contributed by atoms with van der Waals surface area (Å²) >= 11 is 1.99. The highest BCUT2D eigenvalue weighted by atomic mass is 32.2. The van der Waals surface area contributed by atoms with E-state index in [2.05, 4.69) is 26.1 Å². The average Bonchev–Trinajstić information content (AvgIpc) is 2.45. The van der Waals surface area contributed by atoms with Crippen LogP contribution in [0.25, 0.3) is 0 Å². The van der Waals surface area contributed by atoms with Crippen molar-refractivity contribution in [1.29, 1.82) is 0 Å². The van der Waals surface area contributed by atoms with Gasteiger partial charge >= 0.3 is 0 Å². The van der Waals surface area contributed by atoms with Crippen LogP contribution in [-0.4, -0.2) is 28.4 Å². The lowest BCUT2D eigenvalue weighted by molar-refractivity contribution is 0.338. The monoisotopic (exact) mass is 212 g/mol. The maximum Gasteiger partial charge on any atom is 0.0652 e. The van der Waals surface area contributed by atoms with E-state index in [1.807, 2.05) is 11.8 Å². The Balaban J connectivity index is 1.99. The Morgan fingerprint density at radius 2 is 2.21 bits per heavy atom. The molecule has 0 aromatic carbocycles. The van der Waals surface area contributed by atoms with Gasteiger partial charge in [-0.15, -0.1) is 11.8 Å². The molecule has 1 N–H and O–H groups in total. The van der Waals surface area contributed by atoms with E-state index in [0.717, 1.165) is 0 Å². The van der Waals surface area contributed by atoms with E-state index in [1.54, 1.807) is 0 Å². The number of nitrogens with one attached hydrogen (secondary N) is 1. The topological polar surface area (TPSA) is 24.4 Å². The molecule has 1 aliphatic carbocycles. The molecule has 1 fully saturated rings. The van der Waals surface area contributed by atoms with Crippen LogP contribution in [0.5, 0.6) is 0 Å². The van der Waals surface area contributed by atoms with E-state index in [4.69, 9.17) is 4.99 Å². The van der Waals surface area contributed by atoms with E-state index in [-0.39, 0.29) is 0 Å². The van der Waals surface area contributed by atoms with Crippen molar-refractivity contribution in [2.24, 2.45) is 4.99 Å². The molecule has 0 radical (unpaired) electrons. The fourth-order valence-corrected chi connectivity index (χ4v) is 3.83. The Morgan fingerprint density at radius 3 is 2.93 bits per heavy atom. The number of hydrogen-bond donors (Lipinski definition) is 1. The number of rotatable bonds is 2. The second-order valence-electron chi connectivity index (χ2n) is 4.66. The Labute approximate surface area is 90.9 Å². The summed E-state index contributed by atoms with van der Waals surface area (Å²) < 4.78 is 0. The highest BCUT2D eigenvalue weighted by Gasteiger charge is 2.37. The first-order chi connectivity index (χ1) is 6.66. The zero-order chi connectivity index (χ0) is 10.1. The van der Waals surface area contributed by atoms with Crippen molar-refractivity contribution < 1.29 is 0 Å². The van der Waals surface area contributed by atoms with Crippen molar-refractivity contribution in [2.45, 2.75) is 63.4 Å². The first-order valence-corrected chi connectivity index (χ1v) is 6.52. The quantitative estimate of drug-likeness (QED) is 0.760. The summed E-state index contributed by atoms with van der Waals surface area (Å²) in [5.74, 6) is 0. The zero-order valence-electron chi connectivity index (χ0n) is 9.29. The second kappa shape index (κ2) is 4.23. The molecule has 0 saturated heterocycles. The molecule has 0 aromatic heterocycles. The third-order valence-corrected chi connectivity index (χ3v) is 4.35. The third kappa shape index (κ3) is 2.14. The molecule has 0 bridgehead atoms. The lowest BCUT2D eigenvalue weighted by Gasteiger charge is -2.33. The molecule has 2 nitrogen and oxygen atoms in total. The highest BCUT2D eigenvalue weighted by Crippen LogP contribution is 2.37. The molecule has 80 valence electrons. The molecule has 1 saturated carbocycles. The van der Waals surface area contributed by atoms with E-state index < -0.39 is 0 Å². The summed E-state index contributed by atoms with van der Waals surface area (Å²) in [4.78, 5) is 4.71. The number of thioether (sulfide) groups is 1. The summed E-state index contributed by atoms with van der Waals surface area (Å²) in [6.45, 7) is 6.61. The van der Waals surface area contributed by atoms with Crippen molar-refractivity contribution in [2.75, 3.05) is 0 Å². The minimum Gasteiger partial charge on any atom is -0.311 e. The number of aliphatic imine (C=N–C) groups is 1. The minimum absolute atomic E-state index is 0.597. The minimum atomic E-state index is 0.597. The SMILES string of the molecule is CC1=NC2CCCC(NC(C)C)C2S1. The molecule has 0 spiro atoms. The van der Waals surface area contributed by atoms with Crippen LogP contribution in [0.1, 0.15) is 40.0 Å². The van der Waals surface area contributed by atoms with Gasteiger partial charge in [0.2, 0.25) is 0 Å². The lowest BCUT2D eigenvalue weighted by Crippen LogP contribution is -2.47. The third-order valence-electron chi connectivity index (χ3n) is 2.99. The van der Waals surface area contributed by atoms with Gasteiger partial charge < -0.3 is 5.32 Å². The van der Waals surface area contributed by atoms with Gasteiger partial charge in [-0.3, -0.25) is 4.99 Å². The van der Waals surface area contributed by atoms with Gasteiger partial charge in [-0.25, -0.2) is 0 Å². The zero-order valence-corrected chi connectivity index (χ0v) is 10.1. The van der Waals surface area contributed by atoms with E-state index >= 15 is 0 Å². The fourth-order valence-electron chi connectivity index (χ4n) is 2.51. The molecule has 0 aromatic rings. The smallest absolute Gasteiger partial charge is 0.0652 e. The van der Waals surface area contributed by atoms with Crippen molar-refractivity contribution in [3.05, 3.63) is 0 Å². The molecule has 3 unspecified atom stereocenters. The number of nitrogens with zero attached hydrogens (tertiary/aromatic N) is 1. The van der Waals surface area contributed by atoms with Gasteiger partial charge in [-0.1, -0.05) is 13.8 Å². The fraction of sp³-hybridized carbons (Fsp3) is 0.909. The largest absolute Gasteiger partial charge is 0.311 e. The number of fused-ring (bicyclic) bond motifs is 1. The Hall–Kier alpha value is -0.0200. The molecule has 1 heterocycles. The molecule has 3 atom stereocenters. The molecular formula is C11H20N2S. The maximum absolute atomic E-state index is 4.71. The van der Waals surface area contributed by atoms with Crippen molar-refractivity contribution in [3.8, 4) is 0 Å².